The van der Waals surface area contributed by atoms with Gasteiger partial charge in [0.25, 0.3) is 0 Å². The number of rotatable bonds is 10. The SMILES string of the molecule is CC(=O)OCC1O[C@@H](OCCCCO)C(OC(C)=O)[C@@H](OC(C)=O)[C@@H]1OC(C)=O. The van der Waals surface area contributed by atoms with Crippen molar-refractivity contribution < 1.29 is 52.7 Å². The Morgan fingerprint density at radius 1 is 0.793 bits per heavy atom. The number of ether oxygens (including phenoxy) is 6. The maximum atomic E-state index is 11.7. The lowest BCUT2D eigenvalue weighted by atomic mass is 9.98. The molecule has 0 aromatic carbocycles. The van der Waals surface area contributed by atoms with Crippen LogP contribution < -0.4 is 0 Å². The zero-order valence-electron chi connectivity index (χ0n) is 17.0. The summed E-state index contributed by atoms with van der Waals surface area (Å²) in [5.74, 6) is -2.70. The molecule has 0 radical (unpaired) electrons. The van der Waals surface area contributed by atoms with Crippen molar-refractivity contribution in [3.8, 4) is 0 Å². The molecule has 166 valence electrons. The average Bonchev–Trinajstić information content (AvgIpc) is 2.60. The quantitative estimate of drug-likeness (QED) is 0.286. The van der Waals surface area contributed by atoms with Crippen molar-refractivity contribution in [1.82, 2.24) is 0 Å². The van der Waals surface area contributed by atoms with Gasteiger partial charge in [-0.3, -0.25) is 19.2 Å². The monoisotopic (exact) mass is 420 g/mol. The van der Waals surface area contributed by atoms with E-state index in [4.69, 9.17) is 33.5 Å². The van der Waals surface area contributed by atoms with Crippen LogP contribution in [0.4, 0.5) is 0 Å². The van der Waals surface area contributed by atoms with E-state index in [9.17, 15) is 19.2 Å². The van der Waals surface area contributed by atoms with Crippen LogP contribution in [0.2, 0.25) is 0 Å². The van der Waals surface area contributed by atoms with Gasteiger partial charge in [-0.2, -0.15) is 0 Å². The Bertz CT molecular complexity index is 576. The molecule has 11 nitrogen and oxygen atoms in total. The van der Waals surface area contributed by atoms with Crippen molar-refractivity contribution in [2.45, 2.75) is 71.2 Å². The highest BCUT2D eigenvalue weighted by Gasteiger charge is 2.52. The summed E-state index contributed by atoms with van der Waals surface area (Å²) in [7, 11) is 0. The smallest absolute Gasteiger partial charge is 0.303 e. The lowest BCUT2D eigenvalue weighted by Crippen LogP contribution is -2.63. The fourth-order valence-electron chi connectivity index (χ4n) is 2.74. The van der Waals surface area contributed by atoms with E-state index < -0.39 is 54.6 Å². The predicted octanol–water partition coefficient (Wildman–Crippen LogP) is -0.141. The van der Waals surface area contributed by atoms with Gasteiger partial charge >= 0.3 is 23.9 Å². The molecular formula is C18H28O11. The molecule has 0 bridgehead atoms. The number of hydrogen-bond donors (Lipinski definition) is 1. The molecule has 1 rings (SSSR count). The molecule has 2 unspecified atom stereocenters. The van der Waals surface area contributed by atoms with Gasteiger partial charge in [-0.1, -0.05) is 0 Å². The zero-order valence-corrected chi connectivity index (χ0v) is 17.0. The predicted molar refractivity (Wildman–Crippen MR) is 94.2 cm³/mol. The largest absolute Gasteiger partial charge is 0.463 e. The van der Waals surface area contributed by atoms with Gasteiger partial charge in [-0.25, -0.2) is 0 Å². The number of aliphatic hydroxyl groups excluding tert-OH is 1. The number of carbonyl (C=O) groups excluding carboxylic acids is 4. The summed E-state index contributed by atoms with van der Waals surface area (Å²) in [6.07, 6.45) is -4.95. The van der Waals surface area contributed by atoms with E-state index in [1.165, 1.54) is 6.92 Å². The standard InChI is InChI=1S/C18H28O11/c1-10(20)25-9-14-15(26-11(2)21)16(27-12(3)22)17(28-13(4)23)18(29-14)24-8-6-5-7-19/h14-19H,5-9H2,1-4H3/t14?,15-,16+,17?,18-/m1/s1. The van der Waals surface area contributed by atoms with Gasteiger partial charge in [-0.15, -0.1) is 0 Å². The molecule has 1 aliphatic rings. The van der Waals surface area contributed by atoms with Crippen LogP contribution in [0, 0.1) is 0 Å². The van der Waals surface area contributed by atoms with Crippen molar-refractivity contribution >= 4 is 23.9 Å². The van der Waals surface area contributed by atoms with Gasteiger partial charge in [0.15, 0.2) is 24.6 Å². The molecule has 29 heavy (non-hydrogen) atoms. The minimum absolute atomic E-state index is 0.0259. The summed E-state index contributed by atoms with van der Waals surface area (Å²) >= 11 is 0. The summed E-state index contributed by atoms with van der Waals surface area (Å²) in [4.78, 5) is 46.1. The number of unbranched alkanes of at least 4 members (excludes halogenated alkanes) is 1. The Labute approximate surface area is 168 Å². The second-order valence-corrected chi connectivity index (χ2v) is 6.37. The second-order valence-electron chi connectivity index (χ2n) is 6.37. The van der Waals surface area contributed by atoms with Crippen LogP contribution in [0.3, 0.4) is 0 Å². The Balaban J connectivity index is 3.17. The van der Waals surface area contributed by atoms with E-state index in [0.29, 0.717) is 12.8 Å². The summed E-state index contributed by atoms with van der Waals surface area (Å²) in [5, 5.41) is 8.89. The van der Waals surface area contributed by atoms with Crippen molar-refractivity contribution in [3.63, 3.8) is 0 Å². The minimum Gasteiger partial charge on any atom is -0.463 e. The molecular weight excluding hydrogens is 392 g/mol. The highest BCUT2D eigenvalue weighted by atomic mass is 16.7. The van der Waals surface area contributed by atoms with Crippen LogP contribution >= 0.6 is 0 Å². The van der Waals surface area contributed by atoms with Crippen LogP contribution in [0.15, 0.2) is 0 Å². The first kappa shape index (κ1) is 24.8. The molecule has 5 atom stereocenters. The van der Waals surface area contributed by atoms with E-state index in [0.717, 1.165) is 20.8 Å². The van der Waals surface area contributed by atoms with Gasteiger partial charge in [0.05, 0.1) is 0 Å². The van der Waals surface area contributed by atoms with E-state index in [2.05, 4.69) is 0 Å². The lowest BCUT2D eigenvalue weighted by molar-refractivity contribution is -0.308. The molecule has 0 saturated carbocycles. The normalized spacial score (nSPS) is 26.3. The number of hydrogen-bond acceptors (Lipinski definition) is 11. The first-order chi connectivity index (χ1) is 13.6. The van der Waals surface area contributed by atoms with Gasteiger partial charge in [-0.05, 0) is 12.8 Å². The molecule has 1 saturated heterocycles. The third kappa shape index (κ3) is 8.75. The molecule has 0 aromatic rings. The Kier molecular flexibility index (Phi) is 10.6. The first-order valence-corrected chi connectivity index (χ1v) is 9.18. The highest BCUT2D eigenvalue weighted by molar-refractivity contribution is 5.68. The molecule has 1 N–H and O–H groups in total. The molecule has 1 aliphatic heterocycles. The summed E-state index contributed by atoms with van der Waals surface area (Å²) in [5.41, 5.74) is 0. The van der Waals surface area contributed by atoms with E-state index in [1.54, 1.807) is 0 Å². The van der Waals surface area contributed by atoms with Crippen LogP contribution in [-0.4, -0.2) is 79.5 Å². The molecule has 0 aromatic heterocycles. The number of aliphatic hydroxyl groups is 1. The molecule has 1 heterocycles. The van der Waals surface area contributed by atoms with Gasteiger partial charge in [0, 0.05) is 40.9 Å². The fourth-order valence-corrected chi connectivity index (χ4v) is 2.74. The molecule has 0 amide bonds. The summed E-state index contributed by atoms with van der Waals surface area (Å²) < 4.78 is 32.1. The van der Waals surface area contributed by atoms with Crippen LogP contribution in [0.25, 0.3) is 0 Å². The Morgan fingerprint density at radius 3 is 1.86 bits per heavy atom. The van der Waals surface area contributed by atoms with Crippen LogP contribution in [0.1, 0.15) is 40.5 Å². The summed E-state index contributed by atoms with van der Waals surface area (Å²) in [6.45, 7) is 4.44. The van der Waals surface area contributed by atoms with Gasteiger partial charge in [0.2, 0.25) is 0 Å². The molecule has 11 heteroatoms. The topological polar surface area (TPSA) is 144 Å². The average molecular weight is 420 g/mol. The molecule has 0 spiro atoms. The lowest BCUT2D eigenvalue weighted by Gasteiger charge is -2.44. The maximum Gasteiger partial charge on any atom is 0.303 e. The number of esters is 4. The third-order valence-corrected chi connectivity index (χ3v) is 3.78. The van der Waals surface area contributed by atoms with E-state index in [-0.39, 0.29) is 19.8 Å². The maximum absolute atomic E-state index is 11.7. The molecule has 1 fully saturated rings. The van der Waals surface area contributed by atoms with Crippen LogP contribution in [0.5, 0.6) is 0 Å². The zero-order chi connectivity index (χ0) is 22.0. The third-order valence-electron chi connectivity index (χ3n) is 3.78. The van der Waals surface area contributed by atoms with Crippen molar-refractivity contribution in [3.05, 3.63) is 0 Å². The van der Waals surface area contributed by atoms with Gasteiger partial charge < -0.3 is 33.5 Å². The highest BCUT2D eigenvalue weighted by Crippen LogP contribution is 2.30. The first-order valence-electron chi connectivity index (χ1n) is 9.18. The summed E-state index contributed by atoms with van der Waals surface area (Å²) in [6, 6.07) is 0. The van der Waals surface area contributed by atoms with Crippen molar-refractivity contribution in [2.24, 2.45) is 0 Å². The van der Waals surface area contributed by atoms with Crippen molar-refractivity contribution in [1.29, 1.82) is 0 Å². The second kappa shape index (κ2) is 12.3. The van der Waals surface area contributed by atoms with E-state index >= 15 is 0 Å². The van der Waals surface area contributed by atoms with Crippen LogP contribution in [-0.2, 0) is 47.6 Å². The Morgan fingerprint density at radius 2 is 1.34 bits per heavy atom. The Hall–Kier alpha value is -2.24. The fraction of sp³-hybridized carbons (Fsp3) is 0.778. The minimum atomic E-state index is -1.25. The molecule has 0 aliphatic carbocycles. The van der Waals surface area contributed by atoms with Crippen molar-refractivity contribution in [2.75, 3.05) is 19.8 Å². The number of carbonyl (C=O) groups is 4. The van der Waals surface area contributed by atoms with E-state index in [1.807, 2.05) is 0 Å². The van der Waals surface area contributed by atoms with Gasteiger partial charge in [0.1, 0.15) is 12.7 Å².